The molecule has 1 fully saturated rings. The van der Waals surface area contributed by atoms with Crippen molar-refractivity contribution < 1.29 is 9.53 Å². The molecule has 1 aliphatic carbocycles. The minimum Gasteiger partial charge on any atom is -0.497 e. The van der Waals surface area contributed by atoms with Crippen LogP contribution in [0.25, 0.3) is 0 Å². The van der Waals surface area contributed by atoms with Gasteiger partial charge in [0.25, 0.3) is 0 Å². The molecule has 1 aliphatic rings. The highest BCUT2D eigenvalue weighted by atomic mass is 16.5. The first-order valence-corrected chi connectivity index (χ1v) is 7.77. The van der Waals surface area contributed by atoms with Crippen molar-refractivity contribution in [2.75, 3.05) is 7.11 Å². The zero-order chi connectivity index (χ0) is 15.4. The number of hydrogen-bond donors (Lipinski definition) is 1. The predicted molar refractivity (Wildman–Crippen MR) is 86.8 cm³/mol. The topological polar surface area (TPSA) is 38.3 Å². The third-order valence-corrected chi connectivity index (χ3v) is 4.34. The highest BCUT2D eigenvalue weighted by molar-refractivity contribution is 5.80. The van der Waals surface area contributed by atoms with Crippen molar-refractivity contribution in [1.82, 2.24) is 5.32 Å². The Morgan fingerprint density at radius 3 is 2.23 bits per heavy atom. The second kappa shape index (κ2) is 6.65. The van der Waals surface area contributed by atoms with E-state index in [2.05, 4.69) is 17.4 Å². The second-order valence-corrected chi connectivity index (χ2v) is 5.75. The molecule has 0 spiro atoms. The largest absolute Gasteiger partial charge is 0.497 e. The van der Waals surface area contributed by atoms with E-state index < -0.39 is 0 Å². The fourth-order valence-corrected chi connectivity index (χ4v) is 2.73. The molecule has 1 N–H and O–H groups in total. The van der Waals surface area contributed by atoms with E-state index in [1.54, 1.807) is 7.11 Å². The molecule has 0 bridgehead atoms. The van der Waals surface area contributed by atoms with E-state index in [4.69, 9.17) is 4.74 Å². The molecule has 114 valence electrons. The van der Waals surface area contributed by atoms with E-state index in [9.17, 15) is 4.79 Å². The Balaban J connectivity index is 1.86. The monoisotopic (exact) mass is 295 g/mol. The third-order valence-electron chi connectivity index (χ3n) is 4.34. The summed E-state index contributed by atoms with van der Waals surface area (Å²) in [6.07, 6.45) is 3.18. The summed E-state index contributed by atoms with van der Waals surface area (Å²) in [5.74, 6) is 1.17. The lowest BCUT2D eigenvalue weighted by Crippen LogP contribution is -2.37. The van der Waals surface area contributed by atoms with Gasteiger partial charge in [0.15, 0.2) is 0 Å². The molecule has 2 aromatic carbocycles. The van der Waals surface area contributed by atoms with E-state index in [-0.39, 0.29) is 17.9 Å². The number of nitrogens with one attached hydrogen (secondary N) is 1. The maximum Gasteiger partial charge on any atom is 0.223 e. The van der Waals surface area contributed by atoms with Gasteiger partial charge < -0.3 is 10.1 Å². The highest BCUT2D eigenvalue weighted by Crippen LogP contribution is 2.29. The average molecular weight is 295 g/mol. The molecule has 22 heavy (non-hydrogen) atoms. The number of ether oxygens (including phenoxy) is 1. The first kappa shape index (κ1) is 14.6. The number of benzene rings is 2. The van der Waals surface area contributed by atoms with Crippen LogP contribution in [-0.2, 0) is 4.79 Å². The summed E-state index contributed by atoms with van der Waals surface area (Å²) in [6, 6.07) is 17.9. The van der Waals surface area contributed by atoms with Crippen LogP contribution in [0, 0.1) is 5.92 Å². The molecule has 0 unspecified atom stereocenters. The fourth-order valence-electron chi connectivity index (χ4n) is 2.73. The molecule has 0 radical (unpaired) electrons. The maximum absolute atomic E-state index is 12.4. The second-order valence-electron chi connectivity index (χ2n) is 5.75. The predicted octanol–water partition coefficient (Wildman–Crippen LogP) is 3.70. The van der Waals surface area contributed by atoms with Crippen LogP contribution in [0.15, 0.2) is 54.6 Å². The summed E-state index contributed by atoms with van der Waals surface area (Å²) in [5, 5.41) is 3.21. The Hall–Kier alpha value is -2.29. The molecule has 3 rings (SSSR count). The highest BCUT2D eigenvalue weighted by Gasteiger charge is 2.27. The van der Waals surface area contributed by atoms with Gasteiger partial charge >= 0.3 is 0 Å². The minimum absolute atomic E-state index is 0.111. The van der Waals surface area contributed by atoms with Gasteiger partial charge in [-0.1, -0.05) is 48.9 Å². The van der Waals surface area contributed by atoms with E-state index >= 15 is 0 Å². The molecule has 0 aromatic heterocycles. The lowest BCUT2D eigenvalue weighted by Gasteiger charge is -2.28. The summed E-state index contributed by atoms with van der Waals surface area (Å²) in [5.41, 5.74) is 2.17. The molecule has 0 heterocycles. The molecule has 1 atom stereocenters. The lowest BCUT2D eigenvalue weighted by molar-refractivity contribution is -0.127. The number of carbonyl (C=O) groups is 1. The Morgan fingerprint density at radius 1 is 1.05 bits per heavy atom. The molecule has 0 saturated heterocycles. The van der Waals surface area contributed by atoms with Crippen molar-refractivity contribution in [3.8, 4) is 5.75 Å². The number of hydrogen-bond acceptors (Lipinski definition) is 2. The standard InChI is InChI=1S/C19H21NO2/c1-22-17-12-10-15(11-13-17)18(14-6-3-2-4-7-14)20-19(21)16-8-5-9-16/h2-4,6-7,10-13,16,18H,5,8-9H2,1H3,(H,20,21)/t18-/m0/s1. The minimum atomic E-state index is -0.111. The maximum atomic E-state index is 12.4. The molecule has 3 nitrogen and oxygen atoms in total. The Labute approximate surface area is 131 Å². The van der Waals surface area contributed by atoms with Gasteiger partial charge in [0.1, 0.15) is 5.75 Å². The van der Waals surface area contributed by atoms with Gasteiger partial charge in [-0.2, -0.15) is 0 Å². The van der Waals surface area contributed by atoms with Crippen LogP contribution in [-0.4, -0.2) is 13.0 Å². The van der Waals surface area contributed by atoms with E-state index in [1.165, 1.54) is 0 Å². The molecule has 2 aromatic rings. The summed E-state index contributed by atoms with van der Waals surface area (Å²) in [7, 11) is 1.65. The number of methoxy groups -OCH3 is 1. The van der Waals surface area contributed by atoms with Crippen LogP contribution in [0.2, 0.25) is 0 Å². The first-order chi connectivity index (χ1) is 10.8. The molecular weight excluding hydrogens is 274 g/mol. The lowest BCUT2D eigenvalue weighted by atomic mass is 9.84. The van der Waals surface area contributed by atoms with E-state index in [0.717, 1.165) is 36.1 Å². The van der Waals surface area contributed by atoms with Crippen molar-refractivity contribution in [3.63, 3.8) is 0 Å². The number of amides is 1. The van der Waals surface area contributed by atoms with Crippen LogP contribution in [0.3, 0.4) is 0 Å². The van der Waals surface area contributed by atoms with Gasteiger partial charge in [-0.05, 0) is 36.1 Å². The molecule has 3 heteroatoms. The molecule has 1 saturated carbocycles. The molecule has 1 amide bonds. The van der Waals surface area contributed by atoms with Crippen LogP contribution < -0.4 is 10.1 Å². The van der Waals surface area contributed by atoms with Crippen molar-refractivity contribution in [2.24, 2.45) is 5.92 Å². The van der Waals surface area contributed by atoms with Crippen LogP contribution in [0.5, 0.6) is 5.75 Å². The quantitative estimate of drug-likeness (QED) is 0.913. The Bertz CT molecular complexity index is 618. The summed E-state index contributed by atoms with van der Waals surface area (Å²) in [6.45, 7) is 0. The van der Waals surface area contributed by atoms with Crippen molar-refractivity contribution in [1.29, 1.82) is 0 Å². The van der Waals surface area contributed by atoms with Crippen molar-refractivity contribution in [3.05, 3.63) is 65.7 Å². The smallest absolute Gasteiger partial charge is 0.223 e. The SMILES string of the molecule is COc1ccc([C@@H](NC(=O)C2CCC2)c2ccccc2)cc1. The van der Waals surface area contributed by atoms with Gasteiger partial charge in [-0.25, -0.2) is 0 Å². The molecular formula is C19H21NO2. The first-order valence-electron chi connectivity index (χ1n) is 7.77. The Morgan fingerprint density at radius 2 is 1.68 bits per heavy atom. The van der Waals surface area contributed by atoms with E-state index in [1.807, 2.05) is 42.5 Å². The van der Waals surface area contributed by atoms with Gasteiger partial charge in [-0.3, -0.25) is 4.79 Å². The summed E-state index contributed by atoms with van der Waals surface area (Å²) < 4.78 is 5.21. The molecule has 0 aliphatic heterocycles. The van der Waals surface area contributed by atoms with Crippen LogP contribution in [0.1, 0.15) is 36.4 Å². The van der Waals surface area contributed by atoms with Gasteiger partial charge in [0.05, 0.1) is 13.2 Å². The number of carbonyl (C=O) groups excluding carboxylic acids is 1. The third kappa shape index (κ3) is 3.14. The summed E-state index contributed by atoms with van der Waals surface area (Å²) >= 11 is 0. The normalized spacial score (nSPS) is 15.7. The van der Waals surface area contributed by atoms with E-state index in [0.29, 0.717) is 0 Å². The van der Waals surface area contributed by atoms with Gasteiger partial charge in [-0.15, -0.1) is 0 Å². The van der Waals surface area contributed by atoms with Crippen LogP contribution >= 0.6 is 0 Å². The Kier molecular flexibility index (Phi) is 4.42. The zero-order valence-corrected chi connectivity index (χ0v) is 12.8. The van der Waals surface area contributed by atoms with Crippen molar-refractivity contribution >= 4 is 5.91 Å². The van der Waals surface area contributed by atoms with Gasteiger partial charge in [0.2, 0.25) is 5.91 Å². The average Bonchev–Trinajstić information content (AvgIpc) is 2.52. The fraction of sp³-hybridized carbons (Fsp3) is 0.316. The van der Waals surface area contributed by atoms with Gasteiger partial charge in [0, 0.05) is 5.92 Å². The summed E-state index contributed by atoms with van der Waals surface area (Å²) in [4.78, 5) is 12.4. The number of rotatable bonds is 5. The van der Waals surface area contributed by atoms with Crippen molar-refractivity contribution in [2.45, 2.75) is 25.3 Å². The zero-order valence-electron chi connectivity index (χ0n) is 12.8. The van der Waals surface area contributed by atoms with Crippen LogP contribution in [0.4, 0.5) is 0 Å².